The first kappa shape index (κ1) is 14.4. The summed E-state index contributed by atoms with van der Waals surface area (Å²) in [6, 6.07) is 9.59. The van der Waals surface area contributed by atoms with E-state index in [0.29, 0.717) is 24.1 Å². The van der Waals surface area contributed by atoms with Crippen LogP contribution in [0.3, 0.4) is 0 Å². The molecule has 2 aromatic rings. The lowest BCUT2D eigenvalue weighted by atomic mass is 9.86. The van der Waals surface area contributed by atoms with Gasteiger partial charge in [-0.05, 0) is 37.0 Å². The first-order valence-electron chi connectivity index (χ1n) is 8.31. The van der Waals surface area contributed by atoms with Crippen LogP contribution in [0.5, 0.6) is 0 Å². The van der Waals surface area contributed by atoms with Crippen LogP contribution >= 0.6 is 0 Å². The van der Waals surface area contributed by atoms with Gasteiger partial charge in [0.2, 0.25) is 5.82 Å². The summed E-state index contributed by atoms with van der Waals surface area (Å²) in [5.74, 6) is 2.81. The molecule has 0 spiro atoms. The van der Waals surface area contributed by atoms with Crippen molar-refractivity contribution in [2.45, 2.75) is 38.7 Å². The van der Waals surface area contributed by atoms with Gasteiger partial charge in [0.05, 0.1) is 0 Å². The van der Waals surface area contributed by atoms with Crippen LogP contribution < -0.4 is 0 Å². The molecule has 3 atom stereocenters. The van der Waals surface area contributed by atoms with Crippen molar-refractivity contribution in [2.75, 3.05) is 0 Å². The van der Waals surface area contributed by atoms with E-state index in [9.17, 15) is 4.79 Å². The summed E-state index contributed by atoms with van der Waals surface area (Å²) in [4.78, 5) is 16.3. The Morgan fingerprint density at radius 1 is 1.22 bits per heavy atom. The normalized spacial score (nSPS) is 25.7. The Hall–Kier alpha value is -2.17. The Balaban J connectivity index is 1.29. The molecule has 23 heavy (non-hydrogen) atoms. The summed E-state index contributed by atoms with van der Waals surface area (Å²) in [6.45, 7) is 0.0550. The van der Waals surface area contributed by atoms with Crippen molar-refractivity contribution in [1.82, 2.24) is 10.1 Å². The van der Waals surface area contributed by atoms with Gasteiger partial charge in [-0.3, -0.25) is 4.79 Å². The number of carbonyl (C=O) groups excluding carboxylic acids is 1. The van der Waals surface area contributed by atoms with Crippen LogP contribution in [-0.4, -0.2) is 16.1 Å². The first-order valence-corrected chi connectivity index (χ1v) is 8.31. The molecule has 120 valence electrons. The molecule has 4 rings (SSSR count). The minimum Gasteiger partial charge on any atom is -0.456 e. The highest BCUT2D eigenvalue weighted by molar-refractivity contribution is 5.69. The summed E-state index contributed by atoms with van der Waals surface area (Å²) in [6.07, 6.45) is 5.66. The van der Waals surface area contributed by atoms with Crippen LogP contribution in [0.1, 0.15) is 38.0 Å². The Morgan fingerprint density at radius 2 is 2.09 bits per heavy atom. The van der Waals surface area contributed by atoms with Gasteiger partial charge in [-0.25, -0.2) is 0 Å². The molecular formula is C18H20N2O3. The van der Waals surface area contributed by atoms with Crippen LogP contribution in [0.4, 0.5) is 0 Å². The molecular weight excluding hydrogens is 292 g/mol. The van der Waals surface area contributed by atoms with E-state index in [1.807, 2.05) is 30.3 Å². The van der Waals surface area contributed by atoms with E-state index in [4.69, 9.17) is 9.26 Å². The number of aromatic nitrogens is 2. The molecule has 0 radical (unpaired) electrons. The molecule has 2 aliphatic carbocycles. The highest BCUT2D eigenvalue weighted by atomic mass is 16.6. The van der Waals surface area contributed by atoms with E-state index >= 15 is 0 Å². The molecule has 5 nitrogen and oxygen atoms in total. The predicted octanol–water partition coefficient (Wildman–Crippen LogP) is 3.61. The SMILES string of the molecule is O=C(C[C@H]1C[C@H]2CC[C@@H]1C2)OCc1nc(-c2ccccc2)no1. The summed E-state index contributed by atoms with van der Waals surface area (Å²) >= 11 is 0. The fourth-order valence-electron chi connectivity index (χ4n) is 4.06. The van der Waals surface area contributed by atoms with Gasteiger partial charge in [-0.2, -0.15) is 4.98 Å². The van der Waals surface area contributed by atoms with Crippen molar-refractivity contribution in [1.29, 1.82) is 0 Å². The second kappa shape index (κ2) is 6.14. The average molecular weight is 312 g/mol. The summed E-state index contributed by atoms with van der Waals surface area (Å²) < 4.78 is 10.5. The number of esters is 1. The maximum absolute atomic E-state index is 12.0. The van der Waals surface area contributed by atoms with E-state index in [2.05, 4.69) is 10.1 Å². The van der Waals surface area contributed by atoms with Crippen LogP contribution in [0.2, 0.25) is 0 Å². The quantitative estimate of drug-likeness (QED) is 0.789. The minimum atomic E-state index is -0.151. The Kier molecular flexibility index (Phi) is 3.85. The number of fused-ring (bicyclic) bond motifs is 2. The van der Waals surface area contributed by atoms with Gasteiger partial charge >= 0.3 is 5.97 Å². The third-order valence-electron chi connectivity index (χ3n) is 5.17. The molecule has 0 aliphatic heterocycles. The lowest BCUT2D eigenvalue weighted by molar-refractivity contribution is -0.147. The van der Waals surface area contributed by atoms with E-state index in [1.165, 1.54) is 25.7 Å². The third kappa shape index (κ3) is 3.14. The van der Waals surface area contributed by atoms with Crippen molar-refractivity contribution in [3.8, 4) is 11.4 Å². The molecule has 0 amide bonds. The predicted molar refractivity (Wildman–Crippen MR) is 83.1 cm³/mol. The molecule has 1 heterocycles. The van der Waals surface area contributed by atoms with Crippen molar-refractivity contribution in [3.05, 3.63) is 36.2 Å². The zero-order valence-corrected chi connectivity index (χ0v) is 13.0. The third-order valence-corrected chi connectivity index (χ3v) is 5.17. The monoisotopic (exact) mass is 312 g/mol. The van der Waals surface area contributed by atoms with Gasteiger partial charge < -0.3 is 9.26 Å². The van der Waals surface area contributed by atoms with E-state index in [0.717, 1.165) is 17.4 Å². The van der Waals surface area contributed by atoms with E-state index in [1.54, 1.807) is 0 Å². The van der Waals surface area contributed by atoms with Crippen molar-refractivity contribution in [3.63, 3.8) is 0 Å². The molecule has 2 aliphatic rings. The van der Waals surface area contributed by atoms with E-state index in [-0.39, 0.29) is 12.6 Å². The zero-order valence-electron chi connectivity index (χ0n) is 13.0. The topological polar surface area (TPSA) is 65.2 Å². The Morgan fingerprint density at radius 3 is 2.83 bits per heavy atom. The molecule has 2 bridgehead atoms. The number of hydrogen-bond donors (Lipinski definition) is 0. The molecule has 0 unspecified atom stereocenters. The maximum atomic E-state index is 12.0. The van der Waals surface area contributed by atoms with Gasteiger partial charge in [-0.1, -0.05) is 41.9 Å². The van der Waals surface area contributed by atoms with E-state index < -0.39 is 0 Å². The number of hydrogen-bond acceptors (Lipinski definition) is 5. The van der Waals surface area contributed by atoms with Crippen LogP contribution in [0, 0.1) is 17.8 Å². The Bertz CT molecular complexity index is 683. The minimum absolute atomic E-state index is 0.0550. The number of carbonyl (C=O) groups is 1. The molecule has 0 saturated heterocycles. The average Bonchev–Trinajstić information content (AvgIpc) is 3.30. The second-order valence-electron chi connectivity index (χ2n) is 6.68. The smallest absolute Gasteiger partial charge is 0.306 e. The molecule has 5 heteroatoms. The van der Waals surface area contributed by atoms with Crippen molar-refractivity contribution in [2.24, 2.45) is 17.8 Å². The number of benzene rings is 1. The van der Waals surface area contributed by atoms with Gasteiger partial charge in [0, 0.05) is 12.0 Å². The summed E-state index contributed by atoms with van der Waals surface area (Å²) in [5, 5.41) is 3.92. The zero-order chi connectivity index (χ0) is 15.6. The summed E-state index contributed by atoms with van der Waals surface area (Å²) in [5.41, 5.74) is 0.885. The number of nitrogens with zero attached hydrogens (tertiary/aromatic N) is 2. The van der Waals surface area contributed by atoms with Crippen LogP contribution in [0.25, 0.3) is 11.4 Å². The van der Waals surface area contributed by atoms with Crippen molar-refractivity contribution < 1.29 is 14.1 Å². The molecule has 1 aromatic carbocycles. The van der Waals surface area contributed by atoms with Crippen molar-refractivity contribution >= 4 is 5.97 Å². The summed E-state index contributed by atoms with van der Waals surface area (Å²) in [7, 11) is 0. The van der Waals surface area contributed by atoms with Crippen LogP contribution in [-0.2, 0) is 16.1 Å². The highest BCUT2D eigenvalue weighted by Crippen LogP contribution is 2.49. The first-order chi connectivity index (χ1) is 11.3. The number of rotatable bonds is 5. The van der Waals surface area contributed by atoms with Gasteiger partial charge in [-0.15, -0.1) is 0 Å². The fraction of sp³-hybridized carbons (Fsp3) is 0.500. The molecule has 2 saturated carbocycles. The molecule has 0 N–H and O–H groups in total. The highest BCUT2D eigenvalue weighted by Gasteiger charge is 2.40. The Labute approximate surface area is 135 Å². The molecule has 1 aromatic heterocycles. The maximum Gasteiger partial charge on any atom is 0.306 e. The molecule has 2 fully saturated rings. The van der Waals surface area contributed by atoms with Gasteiger partial charge in [0.1, 0.15) is 0 Å². The largest absolute Gasteiger partial charge is 0.456 e. The van der Waals surface area contributed by atoms with Crippen LogP contribution in [0.15, 0.2) is 34.9 Å². The standard InChI is InChI=1S/C18H20N2O3/c21-17(10-15-9-12-6-7-14(15)8-12)22-11-16-19-18(20-23-16)13-4-2-1-3-5-13/h1-5,12,14-15H,6-11H2/t12-,14+,15+/m0/s1. The fourth-order valence-corrected chi connectivity index (χ4v) is 4.06. The lowest BCUT2D eigenvalue weighted by Gasteiger charge is -2.20. The van der Waals surface area contributed by atoms with Gasteiger partial charge in [0.25, 0.3) is 5.89 Å². The second-order valence-corrected chi connectivity index (χ2v) is 6.68. The van der Waals surface area contributed by atoms with Gasteiger partial charge in [0.15, 0.2) is 6.61 Å². The lowest BCUT2D eigenvalue weighted by Crippen LogP contribution is -2.17. The number of ether oxygens (including phenoxy) is 1.